The molecule has 1 aromatic heterocycles. The van der Waals surface area contributed by atoms with E-state index in [2.05, 4.69) is 9.97 Å². The van der Waals surface area contributed by atoms with Crippen LogP contribution in [0.2, 0.25) is 0 Å². The van der Waals surface area contributed by atoms with Crippen LogP contribution in [0.3, 0.4) is 0 Å². The molecule has 152 valence electrons. The topological polar surface area (TPSA) is 126 Å². The normalized spacial score (nSPS) is 10.5. The van der Waals surface area contributed by atoms with Crippen molar-refractivity contribution in [2.75, 3.05) is 42.8 Å². The summed E-state index contributed by atoms with van der Waals surface area (Å²) in [6.07, 6.45) is -0.589. The maximum atomic E-state index is 12.6. The van der Waals surface area contributed by atoms with Gasteiger partial charge in [-0.05, 0) is 26.3 Å². The van der Waals surface area contributed by atoms with E-state index in [-0.39, 0.29) is 43.1 Å². The van der Waals surface area contributed by atoms with Gasteiger partial charge in [0.05, 0.1) is 19.8 Å². The van der Waals surface area contributed by atoms with Gasteiger partial charge in [0, 0.05) is 6.61 Å². The molecule has 0 aliphatic rings. The van der Waals surface area contributed by atoms with Crippen LogP contribution in [0.4, 0.5) is 22.1 Å². The van der Waals surface area contributed by atoms with Gasteiger partial charge in [-0.25, -0.2) is 4.79 Å². The molecule has 1 aromatic carbocycles. The zero-order valence-electron chi connectivity index (χ0n) is 16.5. The Morgan fingerprint density at radius 2 is 1.93 bits per heavy atom. The van der Waals surface area contributed by atoms with Gasteiger partial charge in [0.25, 0.3) is 0 Å². The van der Waals surface area contributed by atoms with E-state index in [1.807, 2.05) is 38.1 Å². The Hall–Kier alpha value is -3.07. The van der Waals surface area contributed by atoms with Gasteiger partial charge in [-0.15, -0.1) is 0 Å². The van der Waals surface area contributed by atoms with Crippen molar-refractivity contribution in [3.05, 3.63) is 35.4 Å². The third-order valence-corrected chi connectivity index (χ3v) is 3.76. The van der Waals surface area contributed by atoms with Crippen LogP contribution in [0.1, 0.15) is 25.0 Å². The molecule has 0 saturated heterocycles. The number of nitrogen functional groups attached to an aromatic ring is 2. The minimum absolute atomic E-state index is 0.0138. The van der Waals surface area contributed by atoms with Crippen LogP contribution < -0.4 is 21.1 Å². The third-order valence-electron chi connectivity index (χ3n) is 3.76. The number of benzene rings is 1. The van der Waals surface area contributed by atoms with E-state index in [1.165, 1.54) is 4.90 Å². The predicted molar refractivity (Wildman–Crippen MR) is 107 cm³/mol. The van der Waals surface area contributed by atoms with Crippen LogP contribution >= 0.6 is 0 Å². The van der Waals surface area contributed by atoms with Crippen LogP contribution in [0, 0.1) is 6.92 Å². The summed E-state index contributed by atoms with van der Waals surface area (Å²) in [4.78, 5) is 22.2. The number of carbonyl (C=O) groups excluding carboxylic acids is 1. The lowest BCUT2D eigenvalue weighted by Crippen LogP contribution is -2.33. The summed E-state index contributed by atoms with van der Waals surface area (Å²) in [6, 6.07) is 7.76. The van der Waals surface area contributed by atoms with E-state index in [9.17, 15) is 4.79 Å². The van der Waals surface area contributed by atoms with Crippen LogP contribution in [0.5, 0.6) is 6.01 Å². The lowest BCUT2D eigenvalue weighted by molar-refractivity contribution is 0.106. The lowest BCUT2D eigenvalue weighted by atomic mass is 10.1. The summed E-state index contributed by atoms with van der Waals surface area (Å²) >= 11 is 0. The molecule has 0 saturated carbocycles. The Bertz CT molecular complexity index is 800. The number of carbonyl (C=O) groups is 1. The fourth-order valence-corrected chi connectivity index (χ4v) is 2.48. The average Bonchev–Trinajstić information content (AvgIpc) is 2.66. The molecule has 0 radical (unpaired) electrons. The van der Waals surface area contributed by atoms with Gasteiger partial charge < -0.3 is 25.7 Å². The third kappa shape index (κ3) is 5.71. The van der Waals surface area contributed by atoms with E-state index >= 15 is 0 Å². The van der Waals surface area contributed by atoms with E-state index in [1.54, 1.807) is 6.92 Å². The molecule has 2 rings (SSSR count). The van der Waals surface area contributed by atoms with Crippen molar-refractivity contribution in [1.82, 2.24) is 9.97 Å². The number of aryl methyl sites for hydroxylation is 1. The number of nitrogens with two attached hydrogens (primary N) is 2. The fourth-order valence-electron chi connectivity index (χ4n) is 2.48. The molecular formula is C19H27N5O4. The van der Waals surface area contributed by atoms with Gasteiger partial charge in [-0.1, -0.05) is 29.8 Å². The minimum atomic E-state index is -0.589. The molecule has 0 spiro atoms. The van der Waals surface area contributed by atoms with Crippen molar-refractivity contribution < 1.29 is 19.0 Å². The van der Waals surface area contributed by atoms with E-state index in [0.29, 0.717) is 13.2 Å². The molecule has 1 heterocycles. The Morgan fingerprint density at radius 1 is 1.14 bits per heavy atom. The van der Waals surface area contributed by atoms with Crippen molar-refractivity contribution in [2.45, 2.75) is 27.3 Å². The Kier molecular flexibility index (Phi) is 7.82. The molecule has 0 atom stereocenters. The number of nitrogens with zero attached hydrogens (tertiary/aromatic N) is 3. The van der Waals surface area contributed by atoms with Gasteiger partial charge in [0.1, 0.15) is 12.3 Å². The van der Waals surface area contributed by atoms with Crippen LogP contribution in [-0.4, -0.2) is 42.5 Å². The van der Waals surface area contributed by atoms with Gasteiger partial charge in [0.2, 0.25) is 0 Å². The summed E-state index contributed by atoms with van der Waals surface area (Å²) in [5, 5.41) is 0. The monoisotopic (exact) mass is 389 g/mol. The second-order valence-corrected chi connectivity index (χ2v) is 5.95. The van der Waals surface area contributed by atoms with Gasteiger partial charge >= 0.3 is 12.1 Å². The SMILES string of the molecule is CCOCCOc1nc(N)c(N)c(N(Cc2cccc(C)c2)C(=O)OCC)n1. The van der Waals surface area contributed by atoms with E-state index in [0.717, 1.165) is 11.1 Å². The maximum absolute atomic E-state index is 12.6. The summed E-state index contributed by atoms with van der Waals surface area (Å²) in [6.45, 7) is 7.20. The Labute approximate surface area is 164 Å². The summed E-state index contributed by atoms with van der Waals surface area (Å²) < 4.78 is 15.9. The molecule has 0 aliphatic heterocycles. The van der Waals surface area contributed by atoms with Gasteiger partial charge in [-0.3, -0.25) is 4.90 Å². The molecule has 28 heavy (non-hydrogen) atoms. The zero-order valence-corrected chi connectivity index (χ0v) is 16.5. The van der Waals surface area contributed by atoms with Crippen LogP contribution in [-0.2, 0) is 16.0 Å². The number of rotatable bonds is 9. The number of amides is 1. The molecular weight excluding hydrogens is 362 g/mol. The Balaban J connectivity index is 2.34. The molecule has 0 fully saturated rings. The number of anilines is 3. The first-order chi connectivity index (χ1) is 13.5. The zero-order chi connectivity index (χ0) is 20.5. The molecule has 9 heteroatoms. The van der Waals surface area contributed by atoms with Crippen molar-refractivity contribution in [1.29, 1.82) is 0 Å². The Morgan fingerprint density at radius 3 is 2.61 bits per heavy atom. The molecule has 0 unspecified atom stereocenters. The minimum Gasteiger partial charge on any atom is -0.461 e. The lowest BCUT2D eigenvalue weighted by Gasteiger charge is -2.23. The number of hydrogen-bond donors (Lipinski definition) is 2. The molecule has 2 aromatic rings. The summed E-state index contributed by atoms with van der Waals surface area (Å²) in [7, 11) is 0. The first-order valence-electron chi connectivity index (χ1n) is 9.09. The largest absolute Gasteiger partial charge is 0.461 e. The van der Waals surface area contributed by atoms with Crippen molar-refractivity contribution in [2.24, 2.45) is 0 Å². The predicted octanol–water partition coefficient (Wildman–Crippen LogP) is 2.53. The number of hydrogen-bond acceptors (Lipinski definition) is 8. The highest BCUT2D eigenvalue weighted by Gasteiger charge is 2.24. The van der Waals surface area contributed by atoms with Gasteiger partial charge in [0.15, 0.2) is 11.6 Å². The van der Waals surface area contributed by atoms with Crippen molar-refractivity contribution in [3.8, 4) is 6.01 Å². The van der Waals surface area contributed by atoms with Crippen LogP contribution in [0.15, 0.2) is 24.3 Å². The van der Waals surface area contributed by atoms with Crippen LogP contribution in [0.25, 0.3) is 0 Å². The first-order valence-corrected chi connectivity index (χ1v) is 9.09. The molecule has 0 bridgehead atoms. The van der Waals surface area contributed by atoms with Gasteiger partial charge in [-0.2, -0.15) is 9.97 Å². The molecule has 4 N–H and O–H groups in total. The maximum Gasteiger partial charge on any atom is 0.415 e. The number of ether oxygens (including phenoxy) is 3. The van der Waals surface area contributed by atoms with Crippen molar-refractivity contribution in [3.63, 3.8) is 0 Å². The summed E-state index contributed by atoms with van der Waals surface area (Å²) in [5.41, 5.74) is 14.0. The standard InChI is InChI=1S/C19H27N5O4/c1-4-26-9-10-28-18-22-16(21)15(20)17(23-18)24(19(25)27-5-2)12-14-8-6-7-13(3)11-14/h6-8,11H,4-5,9-10,12,20H2,1-3H3,(H2,21,22,23). The molecule has 1 amide bonds. The first kappa shape index (κ1) is 21.2. The second kappa shape index (κ2) is 10.3. The number of aromatic nitrogens is 2. The highest BCUT2D eigenvalue weighted by Crippen LogP contribution is 2.29. The van der Waals surface area contributed by atoms with E-state index < -0.39 is 6.09 Å². The van der Waals surface area contributed by atoms with Crippen molar-refractivity contribution >= 4 is 23.4 Å². The average molecular weight is 389 g/mol. The second-order valence-electron chi connectivity index (χ2n) is 5.95. The highest BCUT2D eigenvalue weighted by atomic mass is 16.6. The van der Waals surface area contributed by atoms with E-state index in [4.69, 9.17) is 25.7 Å². The fraction of sp³-hybridized carbons (Fsp3) is 0.421. The summed E-state index contributed by atoms with van der Waals surface area (Å²) in [5.74, 6) is 0.161. The smallest absolute Gasteiger partial charge is 0.415 e. The molecule has 0 aliphatic carbocycles. The highest BCUT2D eigenvalue weighted by molar-refractivity contribution is 5.92. The quantitative estimate of drug-likeness (QED) is 0.627. The molecule has 9 nitrogen and oxygen atoms in total.